The fraction of sp³-hybridized carbons (Fsp3) is 0.429. The van der Waals surface area contributed by atoms with E-state index < -0.39 is 11.2 Å². The highest BCUT2D eigenvalue weighted by Crippen LogP contribution is 2.46. The molecule has 3 aliphatic rings. The minimum absolute atomic E-state index is 0.237. The van der Waals surface area contributed by atoms with Gasteiger partial charge in [-0.15, -0.1) is 0 Å². The van der Waals surface area contributed by atoms with Crippen LogP contribution < -0.4 is 0 Å². The maximum absolute atomic E-state index is 12.0. The van der Waals surface area contributed by atoms with Gasteiger partial charge < -0.3 is 14.7 Å². The Morgan fingerprint density at radius 1 is 1.26 bits per heavy atom. The Hall–Kier alpha value is -1.88. The molecule has 0 radical (unpaired) electrons. The quantitative estimate of drug-likeness (QED) is 0.742. The van der Waals surface area contributed by atoms with Crippen LogP contribution in [0.3, 0.4) is 0 Å². The molecular weight excluding hydrogens is 246 g/mol. The smallest absolute Gasteiger partial charge is 0.339 e. The van der Waals surface area contributed by atoms with Crippen molar-refractivity contribution in [2.24, 2.45) is 0 Å². The van der Waals surface area contributed by atoms with Gasteiger partial charge in [0.2, 0.25) is 0 Å². The number of carbonyl (C=O) groups excluding carboxylic acids is 2. The Morgan fingerprint density at radius 2 is 1.95 bits per heavy atom. The van der Waals surface area contributed by atoms with E-state index in [9.17, 15) is 14.7 Å². The van der Waals surface area contributed by atoms with Gasteiger partial charge in [-0.1, -0.05) is 18.2 Å². The topological polar surface area (TPSA) is 66.8 Å². The summed E-state index contributed by atoms with van der Waals surface area (Å²) >= 11 is 0. The van der Waals surface area contributed by atoms with Crippen LogP contribution in [-0.2, 0) is 15.1 Å². The second kappa shape index (κ2) is 3.17. The molecular formula is C14H13NO4. The molecule has 1 aliphatic carbocycles. The van der Waals surface area contributed by atoms with Gasteiger partial charge in [-0.25, -0.2) is 4.79 Å². The number of likely N-dealkylation sites (tertiary alicyclic amines) is 1. The van der Waals surface area contributed by atoms with E-state index in [-0.39, 0.29) is 11.9 Å². The maximum atomic E-state index is 12.0. The number of nitrogens with zero attached hydrogens (tertiary/aromatic N) is 1. The average molecular weight is 259 g/mol. The molecule has 2 fully saturated rings. The molecule has 1 aromatic rings. The van der Waals surface area contributed by atoms with E-state index in [1.165, 1.54) is 0 Å². The largest absolute Gasteiger partial charge is 0.447 e. The lowest BCUT2D eigenvalue weighted by atomic mass is 9.85. The summed E-state index contributed by atoms with van der Waals surface area (Å²) in [5, 5.41) is 9.81. The Morgan fingerprint density at radius 3 is 2.63 bits per heavy atom. The number of amides is 1. The summed E-state index contributed by atoms with van der Waals surface area (Å²) in [6, 6.07) is 7.27. The molecule has 2 aliphatic heterocycles. The summed E-state index contributed by atoms with van der Waals surface area (Å²) in [7, 11) is 0. The standard InChI is InChI=1S/C14H13NO4/c16-11-9-3-1-2-4-10(9)14(19-11)7-15(8-14)12(17)13(18)5-6-13/h1-4,18H,5-8H2. The number of esters is 1. The molecule has 1 aromatic carbocycles. The van der Waals surface area contributed by atoms with Crippen molar-refractivity contribution >= 4 is 11.9 Å². The molecule has 0 atom stereocenters. The van der Waals surface area contributed by atoms with E-state index in [1.54, 1.807) is 17.0 Å². The summed E-state index contributed by atoms with van der Waals surface area (Å²) in [6.07, 6.45) is 1.07. The fourth-order valence-corrected chi connectivity index (χ4v) is 2.92. The normalized spacial score (nSPS) is 24.7. The lowest BCUT2D eigenvalue weighted by Crippen LogP contribution is -2.63. The van der Waals surface area contributed by atoms with E-state index in [2.05, 4.69) is 0 Å². The molecule has 1 spiro atoms. The molecule has 0 unspecified atom stereocenters. The van der Waals surface area contributed by atoms with Crippen LogP contribution in [0.5, 0.6) is 0 Å². The number of carbonyl (C=O) groups is 2. The lowest BCUT2D eigenvalue weighted by Gasteiger charge is -2.47. The first-order valence-electron chi connectivity index (χ1n) is 6.39. The van der Waals surface area contributed by atoms with Crippen molar-refractivity contribution in [2.75, 3.05) is 13.1 Å². The van der Waals surface area contributed by atoms with Crippen LogP contribution in [0.15, 0.2) is 24.3 Å². The van der Waals surface area contributed by atoms with Gasteiger partial charge in [0.15, 0.2) is 5.60 Å². The minimum Gasteiger partial charge on any atom is -0.447 e. The molecule has 5 heteroatoms. The van der Waals surface area contributed by atoms with Crippen molar-refractivity contribution in [1.82, 2.24) is 4.90 Å². The van der Waals surface area contributed by atoms with Crippen molar-refractivity contribution in [3.63, 3.8) is 0 Å². The number of hydrogen-bond donors (Lipinski definition) is 1. The molecule has 5 nitrogen and oxygen atoms in total. The van der Waals surface area contributed by atoms with E-state index >= 15 is 0 Å². The Kier molecular flexibility index (Phi) is 1.83. The number of rotatable bonds is 1. The van der Waals surface area contributed by atoms with Crippen LogP contribution in [-0.4, -0.2) is 40.6 Å². The third kappa shape index (κ3) is 1.33. The monoisotopic (exact) mass is 259 g/mol. The SMILES string of the molecule is O=C1OC2(CN(C(=O)C3(O)CC3)C2)c2ccccc21. The molecule has 1 saturated heterocycles. The molecule has 1 saturated carbocycles. The van der Waals surface area contributed by atoms with Crippen molar-refractivity contribution in [1.29, 1.82) is 0 Å². The van der Waals surface area contributed by atoms with Crippen LogP contribution in [0, 0.1) is 0 Å². The molecule has 98 valence electrons. The van der Waals surface area contributed by atoms with Crippen molar-refractivity contribution in [3.05, 3.63) is 35.4 Å². The van der Waals surface area contributed by atoms with Gasteiger partial charge in [0.25, 0.3) is 5.91 Å². The van der Waals surface area contributed by atoms with Crippen LogP contribution in [0.1, 0.15) is 28.8 Å². The molecule has 19 heavy (non-hydrogen) atoms. The van der Waals surface area contributed by atoms with E-state index in [1.807, 2.05) is 12.1 Å². The highest BCUT2D eigenvalue weighted by Gasteiger charge is 2.60. The van der Waals surface area contributed by atoms with Crippen molar-refractivity contribution in [3.8, 4) is 0 Å². The van der Waals surface area contributed by atoms with Gasteiger partial charge in [-0.2, -0.15) is 0 Å². The highest BCUT2D eigenvalue weighted by molar-refractivity contribution is 5.96. The lowest BCUT2D eigenvalue weighted by molar-refractivity contribution is -0.166. The Bertz CT molecular complexity index is 599. The van der Waals surface area contributed by atoms with Gasteiger partial charge in [0.05, 0.1) is 18.7 Å². The maximum Gasteiger partial charge on any atom is 0.339 e. The summed E-state index contributed by atoms with van der Waals surface area (Å²) in [5.41, 5.74) is -0.398. The van der Waals surface area contributed by atoms with E-state index in [0.717, 1.165) is 5.56 Å². The van der Waals surface area contributed by atoms with Gasteiger partial charge >= 0.3 is 5.97 Å². The van der Waals surface area contributed by atoms with E-state index in [0.29, 0.717) is 31.5 Å². The number of benzene rings is 1. The first-order valence-corrected chi connectivity index (χ1v) is 6.39. The molecule has 4 rings (SSSR count). The van der Waals surface area contributed by atoms with Gasteiger partial charge in [-0.3, -0.25) is 4.79 Å². The third-order valence-corrected chi connectivity index (χ3v) is 4.23. The minimum atomic E-state index is -1.15. The molecule has 1 amide bonds. The fourth-order valence-electron chi connectivity index (χ4n) is 2.92. The first-order chi connectivity index (χ1) is 9.04. The molecule has 1 N–H and O–H groups in total. The summed E-state index contributed by atoms with van der Waals surface area (Å²) in [5.74, 6) is -0.564. The summed E-state index contributed by atoms with van der Waals surface area (Å²) in [6.45, 7) is 0.688. The zero-order chi connectivity index (χ0) is 13.3. The third-order valence-electron chi connectivity index (χ3n) is 4.23. The highest BCUT2D eigenvalue weighted by atomic mass is 16.6. The second-order valence-electron chi connectivity index (χ2n) is 5.62. The van der Waals surface area contributed by atoms with Crippen LogP contribution in [0.25, 0.3) is 0 Å². The van der Waals surface area contributed by atoms with Crippen LogP contribution >= 0.6 is 0 Å². The predicted octanol–water partition coefficient (Wildman–Crippen LogP) is 0.419. The van der Waals surface area contributed by atoms with Gasteiger partial charge in [0, 0.05) is 5.56 Å². The first kappa shape index (κ1) is 11.0. The Balaban J connectivity index is 1.60. The van der Waals surface area contributed by atoms with Crippen molar-refractivity contribution in [2.45, 2.75) is 24.0 Å². The van der Waals surface area contributed by atoms with Crippen molar-refractivity contribution < 1.29 is 19.4 Å². The Labute approximate surface area is 109 Å². The van der Waals surface area contributed by atoms with Gasteiger partial charge in [0.1, 0.15) is 5.60 Å². The predicted molar refractivity (Wildman–Crippen MR) is 64.3 cm³/mol. The van der Waals surface area contributed by atoms with E-state index in [4.69, 9.17) is 4.74 Å². The number of aliphatic hydroxyl groups is 1. The summed E-state index contributed by atoms with van der Waals surface area (Å²) in [4.78, 5) is 25.3. The van der Waals surface area contributed by atoms with Crippen LogP contribution in [0.4, 0.5) is 0 Å². The van der Waals surface area contributed by atoms with Crippen LogP contribution in [0.2, 0.25) is 0 Å². The number of hydrogen-bond acceptors (Lipinski definition) is 4. The summed E-state index contributed by atoms with van der Waals surface area (Å²) < 4.78 is 5.45. The molecule has 0 bridgehead atoms. The zero-order valence-corrected chi connectivity index (χ0v) is 10.3. The second-order valence-corrected chi connectivity index (χ2v) is 5.62. The average Bonchev–Trinajstić information content (AvgIpc) is 3.04. The van der Waals surface area contributed by atoms with Gasteiger partial charge in [-0.05, 0) is 18.9 Å². The number of fused-ring (bicyclic) bond motifs is 2. The molecule has 2 heterocycles. The molecule has 0 aromatic heterocycles. The zero-order valence-electron chi connectivity index (χ0n) is 10.3. The number of ether oxygens (including phenoxy) is 1.